The summed E-state index contributed by atoms with van der Waals surface area (Å²) in [7, 11) is 0. The third-order valence-corrected chi connectivity index (χ3v) is 10.2. The minimum Gasteiger partial charge on any atom is -0.446 e. The number of allylic oxidation sites excluding steroid dienone is 4. The van der Waals surface area contributed by atoms with Crippen LogP contribution < -0.4 is 16.8 Å². The number of nitrogens with zero attached hydrogens (tertiary/aromatic N) is 1. The molecule has 7 heteroatoms. The van der Waals surface area contributed by atoms with Crippen LogP contribution in [0.1, 0.15) is 98.3 Å². The lowest BCUT2D eigenvalue weighted by Gasteiger charge is -2.44. The molecule has 5 N–H and O–H groups in total. The quantitative estimate of drug-likeness (QED) is 0.202. The van der Waals surface area contributed by atoms with E-state index in [4.69, 9.17) is 16.2 Å². The first kappa shape index (κ1) is 35.9. The van der Waals surface area contributed by atoms with Gasteiger partial charge in [0.25, 0.3) is 0 Å². The summed E-state index contributed by atoms with van der Waals surface area (Å²) in [5, 5.41) is 2.91. The second-order valence-corrected chi connectivity index (χ2v) is 13.6. The van der Waals surface area contributed by atoms with Crippen LogP contribution in [0, 0.1) is 29.1 Å². The van der Waals surface area contributed by atoms with Crippen LogP contribution in [-0.2, 0) is 4.74 Å². The van der Waals surface area contributed by atoms with Gasteiger partial charge in [0.15, 0.2) is 0 Å². The third-order valence-electron chi connectivity index (χ3n) is 10.2. The first-order chi connectivity index (χ1) is 19.2. The van der Waals surface area contributed by atoms with E-state index < -0.39 is 0 Å². The maximum atomic E-state index is 12.5. The molecule has 0 radical (unpaired) electrons. The molecule has 0 heterocycles. The summed E-state index contributed by atoms with van der Waals surface area (Å²) in [6.45, 7) is 18.1. The summed E-state index contributed by atoms with van der Waals surface area (Å²) >= 11 is 0. The Morgan fingerprint density at radius 1 is 1.10 bits per heavy atom. The van der Waals surface area contributed by atoms with E-state index in [2.05, 4.69) is 56.6 Å². The first-order valence-corrected chi connectivity index (χ1v) is 16.3. The molecule has 5 atom stereocenters. The zero-order valence-electron chi connectivity index (χ0n) is 26.6. The number of nitrogens with one attached hydrogen (secondary N) is 1. The Morgan fingerprint density at radius 3 is 2.51 bits per heavy atom. The highest BCUT2D eigenvalue weighted by atomic mass is 35.5. The van der Waals surface area contributed by atoms with Crippen molar-refractivity contribution in [3.8, 4) is 0 Å². The largest absolute Gasteiger partial charge is 0.446 e. The molecule has 0 unspecified atom stereocenters. The third kappa shape index (κ3) is 10.4. The summed E-state index contributed by atoms with van der Waals surface area (Å²) in [4.78, 5) is 14.7. The van der Waals surface area contributed by atoms with Gasteiger partial charge in [-0.3, -0.25) is 4.90 Å². The second kappa shape index (κ2) is 17.7. The molecule has 0 aromatic rings. The standard InChI is InChI=1S/C34H60N4O2.ClH/c1-25(2)8-6-9-27(4)31-15-16-32-28(10-7-17-34(31,32)5)12-13-29-24-30(14-11-26(29)3)40-33(39)37-20-23-38(21-18-35)22-19-36;/h12-13,25,27,30-32H,3,6-11,14-24,35-36H2,1-2,4-5H3,(H,37,39);1H/b28-12+,29-13-;/t27-,30+,31-,32+,34-;/m1./s1. The van der Waals surface area contributed by atoms with Crippen LogP contribution in [0.15, 0.2) is 35.5 Å². The number of rotatable bonds is 14. The van der Waals surface area contributed by atoms with Crippen LogP contribution in [0.5, 0.6) is 0 Å². The summed E-state index contributed by atoms with van der Waals surface area (Å²) in [6.07, 6.45) is 17.5. The Morgan fingerprint density at radius 2 is 1.83 bits per heavy atom. The van der Waals surface area contributed by atoms with Crippen LogP contribution in [0.3, 0.4) is 0 Å². The van der Waals surface area contributed by atoms with E-state index in [1.165, 1.54) is 62.5 Å². The van der Waals surface area contributed by atoms with E-state index in [1.54, 1.807) is 5.57 Å². The topological polar surface area (TPSA) is 93.6 Å². The lowest BCUT2D eigenvalue weighted by Crippen LogP contribution is -2.40. The highest BCUT2D eigenvalue weighted by molar-refractivity contribution is 5.85. The van der Waals surface area contributed by atoms with E-state index in [0.29, 0.717) is 31.0 Å². The number of nitrogens with two attached hydrogens (primary N) is 2. The number of alkyl carbamates (subject to hydrolysis) is 1. The minimum absolute atomic E-state index is 0. The van der Waals surface area contributed by atoms with Crippen molar-refractivity contribution in [3.05, 3.63) is 35.5 Å². The van der Waals surface area contributed by atoms with Gasteiger partial charge in [0.1, 0.15) is 6.10 Å². The zero-order valence-corrected chi connectivity index (χ0v) is 27.4. The first-order valence-electron chi connectivity index (χ1n) is 16.3. The maximum absolute atomic E-state index is 12.5. The van der Waals surface area contributed by atoms with Crippen LogP contribution in [0.2, 0.25) is 0 Å². The van der Waals surface area contributed by atoms with Crippen molar-refractivity contribution in [1.82, 2.24) is 10.2 Å². The van der Waals surface area contributed by atoms with E-state index >= 15 is 0 Å². The van der Waals surface area contributed by atoms with Crippen LogP contribution >= 0.6 is 12.4 Å². The molecule has 41 heavy (non-hydrogen) atoms. The molecule has 3 aliphatic rings. The summed E-state index contributed by atoms with van der Waals surface area (Å²) in [5.74, 6) is 3.19. The maximum Gasteiger partial charge on any atom is 0.407 e. The Labute approximate surface area is 257 Å². The van der Waals surface area contributed by atoms with Crippen molar-refractivity contribution in [1.29, 1.82) is 0 Å². The Bertz CT molecular complexity index is 882. The molecule has 0 aliphatic heterocycles. The SMILES string of the molecule is C=C1CC[C@H](OC(=O)NCCN(CCN)CCN)C/C1=C/C=C1\CCC[C@]2(C)[C@@H]([C@H](C)CCCC(C)C)CC[C@@H]12.Cl. The van der Waals surface area contributed by atoms with Crippen LogP contribution in [0.4, 0.5) is 4.79 Å². The highest BCUT2D eigenvalue weighted by Crippen LogP contribution is 2.60. The predicted molar refractivity (Wildman–Crippen MR) is 175 cm³/mol. The normalized spacial score (nSPS) is 29.1. The molecule has 0 bridgehead atoms. The fourth-order valence-electron chi connectivity index (χ4n) is 7.95. The second-order valence-electron chi connectivity index (χ2n) is 13.6. The number of carbonyl (C=O) groups is 1. The molecule has 0 aromatic carbocycles. The Kier molecular flexibility index (Phi) is 15.5. The molecule has 0 aromatic heterocycles. The van der Waals surface area contributed by atoms with Crippen molar-refractivity contribution in [2.45, 2.75) is 104 Å². The molecule has 236 valence electrons. The van der Waals surface area contributed by atoms with Crippen LogP contribution in [-0.4, -0.2) is 56.4 Å². The number of carbonyl (C=O) groups excluding carboxylic acids is 1. The number of hydrogen-bond donors (Lipinski definition) is 3. The van der Waals surface area contributed by atoms with Crippen molar-refractivity contribution < 1.29 is 9.53 Å². The molecule has 0 spiro atoms. The van der Waals surface area contributed by atoms with Gasteiger partial charge in [-0.05, 0) is 79.6 Å². The fourth-order valence-corrected chi connectivity index (χ4v) is 7.95. The van der Waals surface area contributed by atoms with Gasteiger partial charge in [-0.1, -0.05) is 76.8 Å². The Hall–Kier alpha value is -1.34. The molecular weight excluding hydrogens is 532 g/mol. The van der Waals surface area contributed by atoms with Crippen molar-refractivity contribution in [2.75, 3.05) is 39.3 Å². The van der Waals surface area contributed by atoms with Crippen molar-refractivity contribution in [3.63, 3.8) is 0 Å². The molecule has 1 amide bonds. The average Bonchev–Trinajstić information content (AvgIpc) is 3.26. The van der Waals surface area contributed by atoms with E-state index in [-0.39, 0.29) is 24.6 Å². The number of fused-ring (bicyclic) bond motifs is 1. The van der Waals surface area contributed by atoms with E-state index in [1.807, 2.05) is 0 Å². The molecule has 3 saturated carbocycles. The Balaban J connectivity index is 0.00000588. The monoisotopic (exact) mass is 592 g/mol. The van der Waals surface area contributed by atoms with Gasteiger partial charge < -0.3 is 21.5 Å². The van der Waals surface area contributed by atoms with Gasteiger partial charge in [-0.2, -0.15) is 0 Å². The lowest BCUT2D eigenvalue weighted by molar-refractivity contribution is 0.0885. The van der Waals surface area contributed by atoms with Gasteiger partial charge in [-0.25, -0.2) is 4.79 Å². The van der Waals surface area contributed by atoms with Crippen molar-refractivity contribution in [2.24, 2.45) is 40.6 Å². The van der Waals surface area contributed by atoms with Gasteiger partial charge in [0, 0.05) is 45.7 Å². The average molecular weight is 593 g/mol. The van der Waals surface area contributed by atoms with Gasteiger partial charge in [0.2, 0.25) is 0 Å². The molecule has 3 fully saturated rings. The minimum atomic E-state index is -0.335. The smallest absolute Gasteiger partial charge is 0.407 e. The van der Waals surface area contributed by atoms with Gasteiger partial charge >= 0.3 is 6.09 Å². The highest BCUT2D eigenvalue weighted by Gasteiger charge is 2.50. The molecule has 3 aliphatic carbocycles. The van der Waals surface area contributed by atoms with Gasteiger partial charge in [0.05, 0.1) is 0 Å². The fraction of sp³-hybridized carbons (Fsp3) is 0.794. The summed E-state index contributed by atoms with van der Waals surface area (Å²) in [5.41, 5.74) is 15.9. The molecule has 3 rings (SSSR count). The van der Waals surface area contributed by atoms with E-state index in [9.17, 15) is 4.79 Å². The molecule has 0 saturated heterocycles. The summed E-state index contributed by atoms with van der Waals surface area (Å²) in [6, 6.07) is 0. The molecule has 6 nitrogen and oxygen atoms in total. The number of hydrogen-bond acceptors (Lipinski definition) is 5. The number of halogens is 1. The summed E-state index contributed by atoms with van der Waals surface area (Å²) < 4.78 is 5.82. The molecular formula is C34H61ClN4O2. The number of amides is 1. The zero-order chi connectivity index (χ0) is 29.1. The lowest BCUT2D eigenvalue weighted by atomic mass is 9.60. The van der Waals surface area contributed by atoms with Crippen molar-refractivity contribution >= 4 is 18.5 Å². The predicted octanol–water partition coefficient (Wildman–Crippen LogP) is 6.99. The number of ether oxygens (including phenoxy) is 1. The van der Waals surface area contributed by atoms with Crippen LogP contribution in [0.25, 0.3) is 0 Å². The van der Waals surface area contributed by atoms with E-state index in [0.717, 1.165) is 56.7 Å². The van der Waals surface area contributed by atoms with Gasteiger partial charge in [-0.15, -0.1) is 12.4 Å².